The van der Waals surface area contributed by atoms with E-state index in [1.165, 1.54) is 12.1 Å². The van der Waals surface area contributed by atoms with Crippen molar-refractivity contribution in [2.24, 2.45) is 4.99 Å². The first-order chi connectivity index (χ1) is 23.1. The third-order valence-electron chi connectivity index (χ3n) is 7.64. The fourth-order valence-corrected chi connectivity index (χ4v) is 6.81. The maximum Gasteiger partial charge on any atom is 0.310 e. The highest BCUT2D eigenvalue weighted by atomic mass is 32.2. The second-order valence-electron chi connectivity index (χ2n) is 11.3. The Balaban J connectivity index is 1.29. The van der Waals surface area contributed by atoms with Gasteiger partial charge in [0.15, 0.2) is 5.17 Å². The Bertz CT molecular complexity index is 1670. The Labute approximate surface area is 286 Å². The van der Waals surface area contributed by atoms with Crippen LogP contribution in [0.25, 0.3) is 17.2 Å². The molecule has 0 saturated carbocycles. The Morgan fingerprint density at radius 3 is 2.10 bits per heavy atom. The highest BCUT2D eigenvalue weighted by Crippen LogP contribution is 2.32. The van der Waals surface area contributed by atoms with Crippen molar-refractivity contribution in [3.63, 3.8) is 0 Å². The van der Waals surface area contributed by atoms with Crippen LogP contribution in [0, 0.1) is 5.82 Å². The van der Waals surface area contributed by atoms with Crippen LogP contribution in [-0.2, 0) is 19.2 Å². The zero-order chi connectivity index (χ0) is 34.5. The molecular weight excluding hydrogens is 656 g/mol. The van der Waals surface area contributed by atoms with Crippen LogP contribution >= 0.6 is 23.5 Å². The number of nitrogens with one attached hydrogen (secondary N) is 1. The zero-order valence-corrected chi connectivity index (χ0v) is 27.8. The van der Waals surface area contributed by atoms with Gasteiger partial charge in [-0.2, -0.15) is 4.99 Å². The van der Waals surface area contributed by atoms with E-state index in [4.69, 9.17) is 10.2 Å². The van der Waals surface area contributed by atoms with Gasteiger partial charge in [-0.3, -0.25) is 19.2 Å². The number of carboxylic acid groups (broad SMARTS) is 3. The number of benzene rings is 3. The van der Waals surface area contributed by atoms with Crippen molar-refractivity contribution in [1.82, 2.24) is 0 Å². The number of nitrogens with zero attached hydrogens (tertiary/aromatic N) is 1. The monoisotopic (exact) mass is 692 g/mol. The number of halogens is 1. The van der Waals surface area contributed by atoms with Gasteiger partial charge < -0.3 is 20.6 Å². The predicted octanol–water partition coefficient (Wildman–Crippen LogP) is 8.52. The number of unbranched alkanes of at least 4 members (excludes halogenated alkanes) is 4. The van der Waals surface area contributed by atoms with Crippen LogP contribution in [0.1, 0.15) is 74.8 Å². The van der Waals surface area contributed by atoms with Crippen LogP contribution in [0.4, 0.5) is 10.1 Å². The van der Waals surface area contributed by atoms with Gasteiger partial charge >= 0.3 is 17.9 Å². The van der Waals surface area contributed by atoms with E-state index in [0.717, 1.165) is 40.8 Å². The Kier molecular flexibility index (Phi) is 13.8. The highest BCUT2D eigenvalue weighted by molar-refractivity contribution is 8.18. The molecule has 1 atom stereocenters. The van der Waals surface area contributed by atoms with Crippen molar-refractivity contribution in [3.8, 4) is 11.1 Å². The van der Waals surface area contributed by atoms with Crippen molar-refractivity contribution in [2.75, 3.05) is 11.1 Å². The van der Waals surface area contributed by atoms with Gasteiger partial charge in [0.2, 0.25) is 0 Å². The third-order valence-corrected chi connectivity index (χ3v) is 9.64. The smallest absolute Gasteiger partial charge is 0.310 e. The summed E-state index contributed by atoms with van der Waals surface area (Å²) >= 11 is 2.78. The summed E-state index contributed by atoms with van der Waals surface area (Å²) in [5.74, 6) is -3.36. The van der Waals surface area contributed by atoms with Crippen molar-refractivity contribution in [2.45, 2.75) is 68.6 Å². The molecule has 252 valence electrons. The largest absolute Gasteiger partial charge is 0.481 e. The molecule has 3 aromatic carbocycles. The number of hydrogen-bond acceptors (Lipinski definition) is 7. The van der Waals surface area contributed by atoms with Crippen molar-refractivity contribution >= 4 is 64.3 Å². The summed E-state index contributed by atoms with van der Waals surface area (Å²) in [7, 11) is 0. The molecule has 1 aliphatic heterocycles. The minimum absolute atomic E-state index is 0.0677. The molecule has 0 aromatic heterocycles. The maximum absolute atomic E-state index is 15.1. The van der Waals surface area contributed by atoms with Gasteiger partial charge in [-0.05, 0) is 96.3 Å². The molecule has 0 radical (unpaired) electrons. The zero-order valence-electron chi connectivity index (χ0n) is 26.2. The SMILES string of the molecule is O=C(O)CCCCCSc1ccc(-c2ccc(C=C3SC(Nc4ccc(C(CCCCCC(=O)O)C(=O)O)cc4)=NC3=O)c(F)c2)cc1. The van der Waals surface area contributed by atoms with Gasteiger partial charge in [0.1, 0.15) is 5.82 Å². The molecule has 0 saturated heterocycles. The van der Waals surface area contributed by atoms with E-state index in [2.05, 4.69) is 10.3 Å². The molecule has 1 amide bonds. The summed E-state index contributed by atoms with van der Waals surface area (Å²) in [6.07, 6.45) is 6.38. The summed E-state index contributed by atoms with van der Waals surface area (Å²) < 4.78 is 15.1. The highest BCUT2D eigenvalue weighted by Gasteiger charge is 2.23. The lowest BCUT2D eigenvalue weighted by molar-refractivity contribution is -0.139. The normalized spacial score (nSPS) is 14.1. The number of amidine groups is 1. The van der Waals surface area contributed by atoms with E-state index < -0.39 is 35.6 Å². The molecule has 1 heterocycles. The molecule has 1 unspecified atom stereocenters. The van der Waals surface area contributed by atoms with Gasteiger partial charge in [0.25, 0.3) is 5.91 Å². The predicted molar refractivity (Wildman–Crippen MR) is 188 cm³/mol. The van der Waals surface area contributed by atoms with Gasteiger partial charge in [0.05, 0.1) is 10.8 Å². The molecule has 1 aliphatic rings. The molecular formula is C36H37FN2O7S2. The summed E-state index contributed by atoms with van der Waals surface area (Å²) in [5.41, 5.74) is 3.06. The number of amides is 1. The Morgan fingerprint density at radius 2 is 1.48 bits per heavy atom. The first-order valence-corrected chi connectivity index (χ1v) is 17.5. The summed E-state index contributed by atoms with van der Waals surface area (Å²) in [6.45, 7) is 0. The molecule has 0 bridgehead atoms. The summed E-state index contributed by atoms with van der Waals surface area (Å²) in [6, 6.07) is 19.5. The Hall–Kier alpha value is -4.42. The average molecular weight is 693 g/mol. The summed E-state index contributed by atoms with van der Waals surface area (Å²) in [5, 5.41) is 30.6. The molecule has 9 nitrogen and oxygen atoms in total. The number of rotatable bonds is 18. The number of anilines is 1. The average Bonchev–Trinajstić information content (AvgIpc) is 3.39. The number of aliphatic carboxylic acids is 3. The van der Waals surface area contributed by atoms with Crippen LogP contribution in [0.15, 0.2) is 81.5 Å². The fourth-order valence-electron chi connectivity index (χ4n) is 5.07. The molecule has 0 spiro atoms. The lowest BCUT2D eigenvalue weighted by Gasteiger charge is -2.13. The number of thioether (sulfide) groups is 2. The lowest BCUT2D eigenvalue weighted by Crippen LogP contribution is -2.12. The van der Waals surface area contributed by atoms with E-state index in [-0.39, 0.29) is 23.3 Å². The molecule has 48 heavy (non-hydrogen) atoms. The van der Waals surface area contributed by atoms with Crippen molar-refractivity contribution < 1.29 is 38.9 Å². The van der Waals surface area contributed by atoms with Crippen LogP contribution in [-0.4, -0.2) is 50.1 Å². The quantitative estimate of drug-likeness (QED) is 0.0580. The Morgan fingerprint density at radius 1 is 0.833 bits per heavy atom. The topological polar surface area (TPSA) is 153 Å². The molecule has 12 heteroatoms. The lowest BCUT2D eigenvalue weighted by atomic mass is 9.93. The minimum Gasteiger partial charge on any atom is -0.481 e. The van der Waals surface area contributed by atoms with Gasteiger partial charge in [-0.25, -0.2) is 4.39 Å². The standard InChI is InChI=1S/C36H37FN2O7S2/c37-30-21-25(23-14-18-28(19-15-23)47-20-6-2-5-9-33(42)43)10-11-26(30)22-31-34(44)39-36(48-31)38-27-16-12-24(13-17-27)29(35(45)46)7-3-1-4-8-32(40)41/h10-19,21-22,29H,1-9,20H2,(H,40,41)(H,42,43)(H,45,46)(H,38,39,44). The molecule has 4 N–H and O–H groups in total. The summed E-state index contributed by atoms with van der Waals surface area (Å²) in [4.78, 5) is 51.1. The van der Waals surface area contributed by atoms with Gasteiger partial charge in [-0.1, -0.05) is 55.7 Å². The van der Waals surface area contributed by atoms with Crippen LogP contribution in [0.5, 0.6) is 0 Å². The number of hydrogen-bond donors (Lipinski definition) is 4. The fraction of sp³-hybridized carbons (Fsp3) is 0.306. The number of carbonyl (C=O) groups is 4. The first-order valence-electron chi connectivity index (χ1n) is 15.7. The molecule has 3 aromatic rings. The second kappa shape index (κ2) is 18.2. The van der Waals surface area contributed by atoms with Crippen LogP contribution in [0.2, 0.25) is 0 Å². The van der Waals surface area contributed by atoms with E-state index in [9.17, 15) is 24.3 Å². The molecule has 0 aliphatic carbocycles. The molecule has 4 rings (SSSR count). The van der Waals surface area contributed by atoms with E-state index in [1.807, 2.05) is 24.3 Å². The first kappa shape index (κ1) is 36.4. The molecule has 0 fully saturated rings. The van der Waals surface area contributed by atoms with Crippen molar-refractivity contribution in [1.29, 1.82) is 0 Å². The van der Waals surface area contributed by atoms with Gasteiger partial charge in [-0.15, -0.1) is 11.8 Å². The number of aliphatic imine (C=N–C) groups is 1. The minimum atomic E-state index is -0.947. The number of carbonyl (C=O) groups excluding carboxylic acids is 1. The van der Waals surface area contributed by atoms with Gasteiger partial charge in [0, 0.05) is 29.0 Å². The van der Waals surface area contributed by atoms with Crippen LogP contribution < -0.4 is 5.32 Å². The van der Waals surface area contributed by atoms with E-state index in [0.29, 0.717) is 54.1 Å². The van der Waals surface area contributed by atoms with E-state index >= 15 is 4.39 Å². The van der Waals surface area contributed by atoms with Crippen LogP contribution in [0.3, 0.4) is 0 Å². The van der Waals surface area contributed by atoms with Crippen molar-refractivity contribution in [3.05, 3.63) is 88.6 Å². The van der Waals surface area contributed by atoms with E-state index in [1.54, 1.807) is 48.2 Å². The third kappa shape index (κ3) is 11.4. The maximum atomic E-state index is 15.1. The number of carboxylic acids is 3. The second-order valence-corrected chi connectivity index (χ2v) is 13.5.